The first-order valence-corrected chi connectivity index (χ1v) is 10.9. The van der Waals surface area contributed by atoms with Gasteiger partial charge in [0.25, 0.3) is 0 Å². The van der Waals surface area contributed by atoms with Crippen LogP contribution in [0.2, 0.25) is 0 Å². The van der Waals surface area contributed by atoms with E-state index in [0.717, 1.165) is 30.6 Å². The lowest BCUT2D eigenvalue weighted by Gasteiger charge is -2.38. The molecule has 0 bridgehead atoms. The van der Waals surface area contributed by atoms with E-state index < -0.39 is 12.2 Å². The molecule has 1 aliphatic rings. The van der Waals surface area contributed by atoms with Gasteiger partial charge >= 0.3 is 12.2 Å². The third-order valence-corrected chi connectivity index (χ3v) is 5.53. The molecule has 0 radical (unpaired) electrons. The van der Waals surface area contributed by atoms with Gasteiger partial charge in [-0.05, 0) is 56.5 Å². The second-order valence-corrected chi connectivity index (χ2v) is 8.17. The molecule has 32 heavy (non-hydrogen) atoms. The van der Waals surface area contributed by atoms with Crippen LogP contribution in [0.15, 0.2) is 66.2 Å². The predicted molar refractivity (Wildman–Crippen MR) is 126 cm³/mol. The molecule has 0 saturated carbocycles. The molecule has 2 aromatic carbocycles. The van der Waals surface area contributed by atoms with Crippen LogP contribution in [0.25, 0.3) is 0 Å². The fourth-order valence-corrected chi connectivity index (χ4v) is 3.73. The molecule has 3 rings (SSSR count). The number of carbonyl (C=O) groups is 2. The molecule has 0 spiro atoms. The molecule has 1 saturated heterocycles. The smallest absolute Gasteiger partial charge is 0.411 e. The van der Waals surface area contributed by atoms with Crippen molar-refractivity contribution >= 4 is 23.6 Å². The van der Waals surface area contributed by atoms with Crippen LogP contribution >= 0.6 is 0 Å². The first-order valence-electron chi connectivity index (χ1n) is 10.9. The summed E-state index contributed by atoms with van der Waals surface area (Å²) in [6, 6.07) is 17.5. The molecule has 2 N–H and O–H groups in total. The number of benzene rings is 2. The van der Waals surface area contributed by atoms with Crippen molar-refractivity contribution in [2.24, 2.45) is 0 Å². The highest BCUT2D eigenvalue weighted by Crippen LogP contribution is 2.25. The largest absolute Gasteiger partial charge is 0.465 e. The monoisotopic (exact) mass is 437 g/mol. The number of carbonyl (C=O) groups excluding carboxylic acids is 1. The molecular weight excluding hydrogens is 406 g/mol. The van der Waals surface area contributed by atoms with E-state index in [9.17, 15) is 14.7 Å². The van der Waals surface area contributed by atoms with Crippen molar-refractivity contribution in [1.82, 2.24) is 4.90 Å². The number of likely N-dealkylation sites (tertiary alicyclic amines) is 1. The molecule has 1 fully saturated rings. The summed E-state index contributed by atoms with van der Waals surface area (Å²) >= 11 is 0. The topological polar surface area (TPSA) is 82.1 Å². The van der Waals surface area contributed by atoms with Gasteiger partial charge in [-0.1, -0.05) is 42.0 Å². The fourth-order valence-electron chi connectivity index (χ4n) is 3.73. The second-order valence-electron chi connectivity index (χ2n) is 8.17. The highest BCUT2D eigenvalue weighted by atomic mass is 16.5. The number of rotatable bonds is 7. The molecule has 0 aliphatic carbocycles. The van der Waals surface area contributed by atoms with Gasteiger partial charge in [-0.15, -0.1) is 0 Å². The number of amides is 2. The summed E-state index contributed by atoms with van der Waals surface area (Å²) < 4.78 is 5.28. The SMILES string of the molecule is CC(C)=CCN(c1ccc(NC(=O)OCc2ccccc2)cc1)C1CCN(C(=O)O)CC1. The number of hydrogen-bond acceptors (Lipinski definition) is 4. The quantitative estimate of drug-likeness (QED) is 0.571. The molecule has 1 heterocycles. The van der Waals surface area contributed by atoms with Gasteiger partial charge in [-0.2, -0.15) is 0 Å². The zero-order valence-electron chi connectivity index (χ0n) is 18.7. The molecular formula is C25H31N3O4. The Kier molecular flexibility index (Phi) is 8.14. The molecule has 2 aromatic rings. The van der Waals surface area contributed by atoms with Gasteiger partial charge in [0.2, 0.25) is 0 Å². The van der Waals surface area contributed by atoms with Crippen LogP contribution in [0, 0.1) is 0 Å². The summed E-state index contributed by atoms with van der Waals surface area (Å²) in [4.78, 5) is 27.1. The van der Waals surface area contributed by atoms with Crippen molar-refractivity contribution in [2.45, 2.75) is 39.3 Å². The minimum absolute atomic E-state index is 0.219. The van der Waals surface area contributed by atoms with E-state index in [2.05, 4.69) is 30.1 Å². The zero-order valence-corrected chi connectivity index (χ0v) is 18.7. The number of nitrogens with one attached hydrogen (secondary N) is 1. The van der Waals surface area contributed by atoms with Crippen LogP contribution in [-0.4, -0.2) is 47.9 Å². The molecule has 0 unspecified atom stereocenters. The number of carboxylic acid groups (broad SMARTS) is 1. The van der Waals surface area contributed by atoms with E-state index >= 15 is 0 Å². The van der Waals surface area contributed by atoms with Gasteiger partial charge in [0.05, 0.1) is 0 Å². The Morgan fingerprint density at radius 1 is 1.09 bits per heavy atom. The van der Waals surface area contributed by atoms with Crippen molar-refractivity contribution in [1.29, 1.82) is 0 Å². The maximum atomic E-state index is 12.1. The second kappa shape index (κ2) is 11.2. The Hall–Kier alpha value is -3.48. The average Bonchev–Trinajstić information content (AvgIpc) is 2.80. The Labute approximate surface area is 189 Å². The number of piperidine rings is 1. The van der Waals surface area contributed by atoms with E-state index in [1.807, 2.05) is 54.6 Å². The van der Waals surface area contributed by atoms with Crippen molar-refractivity contribution in [3.05, 3.63) is 71.8 Å². The standard InChI is InChI=1S/C25H31N3O4/c1-19(2)12-17-28(23-13-15-27(16-14-23)25(30)31)22-10-8-21(9-11-22)26-24(29)32-18-20-6-4-3-5-7-20/h3-12,23H,13-18H2,1-2H3,(H,26,29)(H,30,31). The summed E-state index contributed by atoms with van der Waals surface area (Å²) in [5.74, 6) is 0. The lowest BCUT2D eigenvalue weighted by molar-refractivity contribution is 0.131. The van der Waals surface area contributed by atoms with Crippen molar-refractivity contribution in [3.63, 3.8) is 0 Å². The Morgan fingerprint density at radius 3 is 2.34 bits per heavy atom. The molecule has 0 aromatic heterocycles. The van der Waals surface area contributed by atoms with Crippen molar-refractivity contribution < 1.29 is 19.4 Å². The van der Waals surface area contributed by atoms with E-state index in [-0.39, 0.29) is 12.6 Å². The minimum atomic E-state index is -0.853. The van der Waals surface area contributed by atoms with Gasteiger partial charge < -0.3 is 19.6 Å². The molecule has 7 nitrogen and oxygen atoms in total. The summed E-state index contributed by atoms with van der Waals surface area (Å²) in [5.41, 5.74) is 3.87. The third-order valence-electron chi connectivity index (χ3n) is 5.53. The van der Waals surface area contributed by atoms with Gasteiger partial charge in [0.15, 0.2) is 0 Å². The molecule has 170 valence electrons. The molecule has 1 aliphatic heterocycles. The fraction of sp³-hybridized carbons (Fsp3) is 0.360. The summed E-state index contributed by atoms with van der Waals surface area (Å²) in [6.07, 6.45) is 2.40. The van der Waals surface area contributed by atoms with E-state index in [1.54, 1.807) is 0 Å². The number of anilines is 2. The number of nitrogens with zero attached hydrogens (tertiary/aromatic N) is 2. The van der Waals surface area contributed by atoms with E-state index in [4.69, 9.17) is 4.74 Å². The number of hydrogen-bond donors (Lipinski definition) is 2. The van der Waals surface area contributed by atoms with Gasteiger partial charge in [-0.25, -0.2) is 9.59 Å². The molecule has 0 atom stereocenters. The van der Waals surface area contributed by atoms with Crippen LogP contribution in [0.1, 0.15) is 32.3 Å². The lowest BCUT2D eigenvalue weighted by Crippen LogP contribution is -2.46. The minimum Gasteiger partial charge on any atom is -0.465 e. The van der Waals surface area contributed by atoms with Gasteiger partial charge in [-0.3, -0.25) is 5.32 Å². The van der Waals surface area contributed by atoms with Crippen molar-refractivity contribution in [3.8, 4) is 0 Å². The van der Waals surface area contributed by atoms with Crippen LogP contribution in [0.3, 0.4) is 0 Å². The maximum Gasteiger partial charge on any atom is 0.411 e. The van der Waals surface area contributed by atoms with Crippen LogP contribution in [-0.2, 0) is 11.3 Å². The Morgan fingerprint density at radius 2 is 1.75 bits per heavy atom. The van der Waals surface area contributed by atoms with Crippen molar-refractivity contribution in [2.75, 3.05) is 29.9 Å². The Balaban J connectivity index is 1.61. The number of allylic oxidation sites excluding steroid dienone is 1. The van der Waals surface area contributed by atoms with Gasteiger partial charge in [0.1, 0.15) is 6.61 Å². The normalized spacial score (nSPS) is 13.9. The van der Waals surface area contributed by atoms with E-state index in [0.29, 0.717) is 18.8 Å². The lowest BCUT2D eigenvalue weighted by atomic mass is 10.0. The van der Waals surface area contributed by atoms with Crippen LogP contribution in [0.4, 0.5) is 21.0 Å². The summed E-state index contributed by atoms with van der Waals surface area (Å²) in [5, 5.41) is 12.0. The van der Waals surface area contributed by atoms with E-state index in [1.165, 1.54) is 10.5 Å². The van der Waals surface area contributed by atoms with Gasteiger partial charge in [0, 0.05) is 37.1 Å². The van der Waals surface area contributed by atoms with Crippen LogP contribution in [0.5, 0.6) is 0 Å². The number of ether oxygens (including phenoxy) is 1. The highest BCUT2D eigenvalue weighted by molar-refractivity contribution is 5.84. The summed E-state index contributed by atoms with van der Waals surface area (Å²) in [7, 11) is 0. The first-order chi connectivity index (χ1) is 15.4. The summed E-state index contributed by atoms with van der Waals surface area (Å²) in [6.45, 7) is 6.19. The first kappa shape index (κ1) is 23.2. The highest BCUT2D eigenvalue weighted by Gasteiger charge is 2.26. The maximum absolute atomic E-state index is 12.1. The zero-order chi connectivity index (χ0) is 22.9. The molecule has 7 heteroatoms. The predicted octanol–water partition coefficient (Wildman–Crippen LogP) is 5.35. The molecule has 2 amide bonds. The third kappa shape index (κ3) is 6.77. The van der Waals surface area contributed by atoms with Crippen LogP contribution < -0.4 is 10.2 Å². The Bertz CT molecular complexity index is 916. The average molecular weight is 438 g/mol.